The van der Waals surface area contributed by atoms with E-state index in [1.54, 1.807) is 49.6 Å². The fraction of sp³-hybridized carbons (Fsp3) is 0.317. The predicted octanol–water partition coefficient (Wildman–Crippen LogP) is 10.3. The molecule has 0 saturated heterocycles. The zero-order valence-corrected chi connectivity index (χ0v) is 28.0. The maximum Gasteiger partial charge on any atom is 0.255 e. The van der Waals surface area contributed by atoms with E-state index in [0.717, 1.165) is 18.0 Å². The molecule has 1 aromatic heterocycles. The molecule has 48 heavy (non-hydrogen) atoms. The minimum Gasteiger partial charge on any atom is -0.493 e. The summed E-state index contributed by atoms with van der Waals surface area (Å²) in [6, 6.07) is 28.8. The number of hydrogen-bond acceptors (Lipinski definition) is 4. The number of aromatic nitrogens is 1. The van der Waals surface area contributed by atoms with Crippen LogP contribution >= 0.6 is 0 Å². The van der Waals surface area contributed by atoms with Crippen LogP contribution in [0.25, 0.3) is 16.6 Å². The molecule has 7 heteroatoms. The van der Waals surface area contributed by atoms with Crippen LogP contribution in [0.5, 0.6) is 17.2 Å². The fourth-order valence-electron chi connectivity index (χ4n) is 6.69. The average Bonchev–Trinajstić information content (AvgIpc) is 3.28. The number of benzene rings is 4. The van der Waals surface area contributed by atoms with Crippen molar-refractivity contribution < 1.29 is 19.1 Å². The highest BCUT2D eigenvalue weighted by molar-refractivity contribution is 6.04. The third-order valence-electron chi connectivity index (χ3n) is 9.34. The Morgan fingerprint density at radius 2 is 1.54 bits per heavy atom. The van der Waals surface area contributed by atoms with Crippen LogP contribution in [0.15, 0.2) is 97.2 Å². The number of aryl methyl sites for hydroxylation is 1. The van der Waals surface area contributed by atoms with Crippen LogP contribution in [0.3, 0.4) is 0 Å². The van der Waals surface area contributed by atoms with Crippen molar-refractivity contribution in [2.45, 2.75) is 71.1 Å². The van der Waals surface area contributed by atoms with Gasteiger partial charge in [0.15, 0.2) is 11.5 Å². The highest BCUT2D eigenvalue weighted by Crippen LogP contribution is 2.35. The van der Waals surface area contributed by atoms with Crippen LogP contribution in [0.2, 0.25) is 0 Å². The normalized spacial score (nSPS) is 13.5. The molecule has 1 saturated carbocycles. The van der Waals surface area contributed by atoms with Gasteiger partial charge in [0.25, 0.3) is 5.91 Å². The van der Waals surface area contributed by atoms with Crippen LogP contribution in [-0.2, 0) is 11.2 Å². The van der Waals surface area contributed by atoms with Gasteiger partial charge in [0.05, 0.1) is 12.6 Å². The van der Waals surface area contributed by atoms with Crippen molar-refractivity contribution in [1.29, 1.82) is 0 Å². The van der Waals surface area contributed by atoms with Crippen molar-refractivity contribution in [2.24, 2.45) is 5.92 Å². The Morgan fingerprint density at radius 1 is 0.812 bits per heavy atom. The molecule has 248 valence electrons. The number of methoxy groups -OCH3 is 1. The molecule has 2 N–H and O–H groups in total. The molecule has 0 aliphatic heterocycles. The molecule has 0 bridgehead atoms. The predicted molar refractivity (Wildman–Crippen MR) is 194 cm³/mol. The van der Waals surface area contributed by atoms with E-state index >= 15 is 0 Å². The Morgan fingerprint density at radius 3 is 2.27 bits per heavy atom. The number of para-hydroxylation sites is 1. The lowest BCUT2D eigenvalue weighted by molar-refractivity contribution is -0.115. The molecule has 5 aromatic rings. The van der Waals surface area contributed by atoms with Gasteiger partial charge in [-0.05, 0) is 91.1 Å². The maximum absolute atomic E-state index is 13.2. The lowest BCUT2D eigenvalue weighted by atomic mass is 9.93. The van der Waals surface area contributed by atoms with E-state index in [9.17, 15) is 9.59 Å². The van der Waals surface area contributed by atoms with Crippen molar-refractivity contribution in [3.8, 4) is 22.9 Å². The lowest BCUT2D eigenvalue weighted by Crippen LogP contribution is -2.12. The van der Waals surface area contributed by atoms with Gasteiger partial charge in [0.1, 0.15) is 5.75 Å². The molecule has 1 aliphatic rings. The molecule has 0 unspecified atom stereocenters. The first-order chi connectivity index (χ1) is 23.5. The molecule has 0 atom stereocenters. The third-order valence-corrected chi connectivity index (χ3v) is 9.34. The zero-order valence-electron chi connectivity index (χ0n) is 28.0. The SMILES string of the molecule is CCC(=O)Nc1ccc(Oc2ccc(NC(=O)c3ccc(-n4cc(CCCC5CCCCCC5)c5ccccc54)cc3)cc2OC)cc1. The molecule has 6 rings (SSSR count). The van der Waals surface area contributed by atoms with Gasteiger partial charge in [-0.3, -0.25) is 9.59 Å². The number of rotatable bonds is 12. The van der Waals surface area contributed by atoms with Crippen molar-refractivity contribution in [3.63, 3.8) is 0 Å². The van der Waals surface area contributed by atoms with Crippen molar-refractivity contribution in [1.82, 2.24) is 4.57 Å². The summed E-state index contributed by atoms with van der Waals surface area (Å²) in [5.41, 5.74) is 5.47. The summed E-state index contributed by atoms with van der Waals surface area (Å²) in [6.07, 6.45) is 14.7. The summed E-state index contributed by atoms with van der Waals surface area (Å²) in [5, 5.41) is 7.11. The van der Waals surface area contributed by atoms with Gasteiger partial charge >= 0.3 is 0 Å². The van der Waals surface area contributed by atoms with Crippen LogP contribution in [0.4, 0.5) is 11.4 Å². The number of nitrogens with zero attached hydrogens (tertiary/aromatic N) is 1. The van der Waals surface area contributed by atoms with Crippen molar-refractivity contribution in [3.05, 3.63) is 108 Å². The van der Waals surface area contributed by atoms with Gasteiger partial charge in [-0.15, -0.1) is 0 Å². The second-order valence-corrected chi connectivity index (χ2v) is 12.7. The van der Waals surface area contributed by atoms with E-state index < -0.39 is 0 Å². The standard InChI is InChI=1S/C41H45N3O4/c1-3-40(45)42-32-19-24-35(25-20-32)48-38-26-21-33(27-39(38)47-2)43-41(46)30-17-22-34(23-18-30)44-28-31(36-15-8-9-16-37(36)44)14-10-13-29-11-6-4-5-7-12-29/h8-9,15-29H,3-7,10-14H2,1-2H3,(H,42,45)(H,43,46). The minimum atomic E-state index is -0.210. The Kier molecular flexibility index (Phi) is 10.8. The van der Waals surface area contributed by atoms with Crippen LogP contribution < -0.4 is 20.1 Å². The van der Waals surface area contributed by atoms with E-state index in [-0.39, 0.29) is 11.8 Å². The number of hydrogen-bond donors (Lipinski definition) is 2. The molecule has 1 heterocycles. The number of carbonyl (C=O) groups is 2. The average molecular weight is 644 g/mol. The minimum absolute atomic E-state index is 0.0484. The van der Waals surface area contributed by atoms with Crippen LogP contribution in [0, 0.1) is 5.92 Å². The number of carbonyl (C=O) groups excluding carboxylic acids is 2. The number of ether oxygens (including phenoxy) is 2. The molecule has 1 fully saturated rings. The van der Waals surface area contributed by atoms with Gasteiger partial charge in [0.2, 0.25) is 5.91 Å². The van der Waals surface area contributed by atoms with Crippen molar-refractivity contribution >= 4 is 34.1 Å². The molecular weight excluding hydrogens is 598 g/mol. The largest absolute Gasteiger partial charge is 0.493 e. The lowest BCUT2D eigenvalue weighted by Gasteiger charge is -2.13. The molecule has 0 radical (unpaired) electrons. The second kappa shape index (κ2) is 15.7. The first-order valence-corrected chi connectivity index (χ1v) is 17.3. The van der Waals surface area contributed by atoms with Gasteiger partial charge in [-0.1, -0.05) is 70.1 Å². The molecule has 1 aliphatic carbocycles. The summed E-state index contributed by atoms with van der Waals surface area (Å²) in [5.74, 6) is 2.21. The summed E-state index contributed by atoms with van der Waals surface area (Å²) >= 11 is 0. The summed E-state index contributed by atoms with van der Waals surface area (Å²) in [4.78, 5) is 24.9. The van der Waals surface area contributed by atoms with Gasteiger partial charge in [-0.25, -0.2) is 0 Å². The Hall–Kier alpha value is -5.04. The third kappa shape index (κ3) is 8.08. The fourth-order valence-corrected chi connectivity index (χ4v) is 6.69. The van der Waals surface area contributed by atoms with E-state index in [1.807, 2.05) is 31.2 Å². The highest BCUT2D eigenvalue weighted by Gasteiger charge is 2.15. The summed E-state index contributed by atoms with van der Waals surface area (Å²) < 4.78 is 13.8. The van der Waals surface area contributed by atoms with Crippen molar-refractivity contribution in [2.75, 3.05) is 17.7 Å². The zero-order chi connectivity index (χ0) is 33.3. The van der Waals surface area contributed by atoms with Gasteiger partial charge in [-0.2, -0.15) is 0 Å². The Labute approximate surface area is 283 Å². The number of nitrogens with one attached hydrogen (secondary N) is 2. The Balaban J connectivity index is 1.10. The topological polar surface area (TPSA) is 81.6 Å². The van der Waals surface area contributed by atoms with Gasteiger partial charge in [0, 0.05) is 46.7 Å². The number of amides is 2. The van der Waals surface area contributed by atoms with E-state index in [0.29, 0.717) is 40.6 Å². The van der Waals surface area contributed by atoms with E-state index in [1.165, 1.54) is 67.8 Å². The first kappa shape index (κ1) is 32.9. The number of anilines is 2. The maximum atomic E-state index is 13.2. The number of fused-ring (bicyclic) bond motifs is 1. The molecular formula is C41H45N3O4. The summed E-state index contributed by atoms with van der Waals surface area (Å²) in [7, 11) is 1.56. The monoisotopic (exact) mass is 643 g/mol. The first-order valence-electron chi connectivity index (χ1n) is 17.3. The van der Waals surface area contributed by atoms with E-state index in [4.69, 9.17) is 9.47 Å². The second-order valence-electron chi connectivity index (χ2n) is 12.7. The molecule has 0 spiro atoms. The van der Waals surface area contributed by atoms with E-state index in [2.05, 4.69) is 45.7 Å². The Bertz CT molecular complexity index is 1830. The quantitative estimate of drug-likeness (QED) is 0.133. The smallest absolute Gasteiger partial charge is 0.255 e. The molecule has 7 nitrogen and oxygen atoms in total. The molecule has 4 aromatic carbocycles. The highest BCUT2D eigenvalue weighted by atomic mass is 16.5. The van der Waals surface area contributed by atoms with Crippen LogP contribution in [-0.4, -0.2) is 23.5 Å². The van der Waals surface area contributed by atoms with Crippen LogP contribution in [0.1, 0.15) is 80.6 Å². The molecule has 2 amide bonds. The summed E-state index contributed by atoms with van der Waals surface area (Å²) in [6.45, 7) is 1.81. The van der Waals surface area contributed by atoms with Gasteiger partial charge < -0.3 is 24.7 Å².